The van der Waals surface area contributed by atoms with Crippen molar-refractivity contribution < 1.29 is 13.2 Å². The first-order valence-electron chi connectivity index (χ1n) is 4.06. The Morgan fingerprint density at radius 3 is 2.73 bits per heavy atom. The van der Waals surface area contributed by atoms with Gasteiger partial charge in [-0.25, -0.2) is 13.4 Å². The zero-order valence-corrected chi connectivity index (χ0v) is 9.76. The Bertz CT molecular complexity index is 449. The van der Waals surface area contributed by atoms with Crippen LogP contribution in [0, 0.1) is 0 Å². The van der Waals surface area contributed by atoms with Crippen LogP contribution in [0.15, 0.2) is 6.07 Å². The fourth-order valence-electron chi connectivity index (χ4n) is 0.758. The van der Waals surface area contributed by atoms with E-state index in [1.54, 1.807) is 0 Å². The summed E-state index contributed by atoms with van der Waals surface area (Å²) in [5.74, 6) is 0.0376. The van der Waals surface area contributed by atoms with Crippen molar-refractivity contribution in [1.29, 1.82) is 0 Å². The molecular weight excluding hydrogens is 242 g/mol. The number of nitrogens with zero attached hydrogens (tertiary/aromatic N) is 2. The highest BCUT2D eigenvalue weighted by Gasteiger charge is 2.10. The van der Waals surface area contributed by atoms with Crippen LogP contribution in [0.2, 0.25) is 5.15 Å². The molecule has 0 aliphatic heterocycles. The normalized spacial score (nSPS) is 11.1. The van der Waals surface area contributed by atoms with Gasteiger partial charge in [0.15, 0.2) is 0 Å². The standard InChI is InChI=1S/C7H10ClN3O3S/c1-3-15(12,13)11-7-9-5(8)4-6(10-7)14-2/h4H,3H2,1-2H3,(H,9,10,11). The quantitative estimate of drug-likeness (QED) is 0.804. The SMILES string of the molecule is CCS(=O)(=O)Nc1nc(Cl)cc(OC)n1. The van der Waals surface area contributed by atoms with Gasteiger partial charge in [-0.2, -0.15) is 4.98 Å². The molecule has 6 nitrogen and oxygen atoms in total. The number of halogens is 1. The van der Waals surface area contributed by atoms with Crippen molar-refractivity contribution in [2.75, 3.05) is 17.6 Å². The molecule has 0 saturated heterocycles. The Morgan fingerprint density at radius 1 is 1.53 bits per heavy atom. The summed E-state index contributed by atoms with van der Waals surface area (Å²) >= 11 is 5.63. The fraction of sp³-hybridized carbons (Fsp3) is 0.429. The van der Waals surface area contributed by atoms with Crippen LogP contribution in [0.25, 0.3) is 0 Å². The monoisotopic (exact) mass is 251 g/mol. The van der Waals surface area contributed by atoms with Gasteiger partial charge in [0.05, 0.1) is 12.9 Å². The smallest absolute Gasteiger partial charge is 0.241 e. The maximum Gasteiger partial charge on any atom is 0.241 e. The summed E-state index contributed by atoms with van der Waals surface area (Å²) in [6, 6.07) is 1.38. The number of methoxy groups -OCH3 is 1. The van der Waals surface area contributed by atoms with Crippen LogP contribution < -0.4 is 9.46 Å². The molecule has 0 unspecified atom stereocenters. The molecule has 0 amide bonds. The molecule has 84 valence electrons. The zero-order chi connectivity index (χ0) is 11.5. The van der Waals surface area contributed by atoms with Crippen molar-refractivity contribution in [3.8, 4) is 5.88 Å². The molecule has 1 aromatic heterocycles. The number of anilines is 1. The van der Waals surface area contributed by atoms with Crippen LogP contribution >= 0.6 is 11.6 Å². The number of rotatable bonds is 4. The van der Waals surface area contributed by atoms with Crippen LogP contribution in [0.3, 0.4) is 0 Å². The molecule has 1 aromatic rings. The Balaban J connectivity index is 3.00. The van der Waals surface area contributed by atoms with Gasteiger partial charge in [-0.15, -0.1) is 0 Å². The van der Waals surface area contributed by atoms with Crippen LogP contribution in [-0.4, -0.2) is 31.2 Å². The van der Waals surface area contributed by atoms with Crippen molar-refractivity contribution in [3.05, 3.63) is 11.2 Å². The first kappa shape index (κ1) is 12.0. The second-order valence-electron chi connectivity index (χ2n) is 2.56. The second-order valence-corrected chi connectivity index (χ2v) is 4.96. The molecule has 1 N–H and O–H groups in total. The molecular formula is C7H10ClN3O3S. The van der Waals surface area contributed by atoms with E-state index in [1.807, 2.05) is 0 Å². The number of nitrogens with one attached hydrogen (secondary N) is 1. The summed E-state index contributed by atoms with van der Waals surface area (Å²) in [4.78, 5) is 7.48. The number of sulfonamides is 1. The molecule has 8 heteroatoms. The van der Waals surface area contributed by atoms with Gasteiger partial charge in [0.25, 0.3) is 0 Å². The maximum atomic E-state index is 11.2. The lowest BCUT2D eigenvalue weighted by Gasteiger charge is -2.05. The molecule has 0 fully saturated rings. The van der Waals surface area contributed by atoms with Gasteiger partial charge in [0.1, 0.15) is 5.15 Å². The van der Waals surface area contributed by atoms with Gasteiger partial charge >= 0.3 is 0 Å². The zero-order valence-electron chi connectivity index (χ0n) is 8.19. The van der Waals surface area contributed by atoms with Gasteiger partial charge in [-0.05, 0) is 6.92 Å². The average Bonchev–Trinajstić information content (AvgIpc) is 2.16. The molecule has 0 radical (unpaired) electrons. The van der Waals surface area contributed by atoms with Crippen molar-refractivity contribution in [2.45, 2.75) is 6.92 Å². The average molecular weight is 252 g/mol. The van der Waals surface area contributed by atoms with E-state index < -0.39 is 10.0 Å². The molecule has 1 heterocycles. The first-order chi connectivity index (χ1) is 6.96. The molecule has 0 aliphatic rings. The first-order valence-corrected chi connectivity index (χ1v) is 6.09. The van der Waals surface area contributed by atoms with E-state index in [2.05, 4.69) is 14.7 Å². The van der Waals surface area contributed by atoms with Crippen LogP contribution in [0.1, 0.15) is 6.92 Å². The summed E-state index contributed by atoms with van der Waals surface area (Å²) in [6.45, 7) is 1.50. The third-order valence-corrected chi connectivity index (χ3v) is 2.95. The van der Waals surface area contributed by atoms with Gasteiger partial charge < -0.3 is 4.74 Å². The largest absolute Gasteiger partial charge is 0.481 e. The van der Waals surface area contributed by atoms with E-state index in [0.717, 1.165) is 0 Å². The third-order valence-electron chi connectivity index (χ3n) is 1.51. The van der Waals surface area contributed by atoms with E-state index >= 15 is 0 Å². The molecule has 0 bridgehead atoms. The number of aromatic nitrogens is 2. The predicted octanol–water partition coefficient (Wildman–Crippen LogP) is 0.900. The highest BCUT2D eigenvalue weighted by Crippen LogP contribution is 2.16. The Kier molecular flexibility index (Phi) is 3.70. The molecule has 0 saturated carbocycles. The van der Waals surface area contributed by atoms with E-state index in [1.165, 1.54) is 20.1 Å². The van der Waals surface area contributed by atoms with E-state index in [4.69, 9.17) is 16.3 Å². The van der Waals surface area contributed by atoms with E-state index in [0.29, 0.717) is 0 Å². The second kappa shape index (κ2) is 4.63. The lowest BCUT2D eigenvalue weighted by Crippen LogP contribution is -2.16. The maximum absolute atomic E-state index is 11.2. The molecule has 0 spiro atoms. The number of ether oxygens (including phenoxy) is 1. The van der Waals surface area contributed by atoms with Crippen molar-refractivity contribution >= 4 is 27.6 Å². The molecule has 0 aliphatic carbocycles. The summed E-state index contributed by atoms with van der Waals surface area (Å²) in [5.41, 5.74) is 0. The van der Waals surface area contributed by atoms with Crippen LogP contribution in [-0.2, 0) is 10.0 Å². The number of hydrogen-bond donors (Lipinski definition) is 1. The lowest BCUT2D eigenvalue weighted by molar-refractivity contribution is 0.397. The summed E-state index contributed by atoms with van der Waals surface area (Å²) in [5, 5.41) is 0.107. The minimum absolute atomic E-state index is 0.0643. The van der Waals surface area contributed by atoms with E-state index in [9.17, 15) is 8.42 Å². The Labute approximate surface area is 92.7 Å². The molecule has 0 atom stereocenters. The van der Waals surface area contributed by atoms with Gasteiger partial charge in [0.2, 0.25) is 21.9 Å². The highest BCUT2D eigenvalue weighted by molar-refractivity contribution is 7.92. The molecule has 0 aromatic carbocycles. The lowest BCUT2D eigenvalue weighted by atomic mass is 10.6. The fourth-order valence-corrected chi connectivity index (χ4v) is 1.45. The van der Waals surface area contributed by atoms with E-state index in [-0.39, 0.29) is 22.7 Å². The van der Waals surface area contributed by atoms with Crippen molar-refractivity contribution in [2.24, 2.45) is 0 Å². The van der Waals surface area contributed by atoms with Crippen molar-refractivity contribution in [3.63, 3.8) is 0 Å². The summed E-state index contributed by atoms with van der Waals surface area (Å²) in [7, 11) is -2.00. The highest BCUT2D eigenvalue weighted by atomic mass is 35.5. The summed E-state index contributed by atoms with van der Waals surface area (Å²) in [6.07, 6.45) is 0. The van der Waals surface area contributed by atoms with Gasteiger partial charge in [-0.1, -0.05) is 11.6 Å². The minimum Gasteiger partial charge on any atom is -0.481 e. The topological polar surface area (TPSA) is 81.2 Å². The predicted molar refractivity (Wildman–Crippen MR) is 56.7 cm³/mol. The third kappa shape index (κ3) is 3.52. The minimum atomic E-state index is -3.40. The van der Waals surface area contributed by atoms with Gasteiger partial charge in [-0.3, -0.25) is 4.72 Å². The number of hydrogen-bond acceptors (Lipinski definition) is 5. The van der Waals surface area contributed by atoms with Crippen LogP contribution in [0.4, 0.5) is 5.95 Å². The molecule has 15 heavy (non-hydrogen) atoms. The van der Waals surface area contributed by atoms with Crippen LogP contribution in [0.5, 0.6) is 5.88 Å². The van der Waals surface area contributed by atoms with Gasteiger partial charge in [0, 0.05) is 6.07 Å². The van der Waals surface area contributed by atoms with Crippen molar-refractivity contribution in [1.82, 2.24) is 9.97 Å². The Morgan fingerprint density at radius 2 is 2.20 bits per heavy atom. The summed E-state index contributed by atoms with van der Waals surface area (Å²) < 4.78 is 29.4. The molecule has 1 rings (SSSR count). The Hall–Kier alpha value is -1.08.